The van der Waals surface area contributed by atoms with Gasteiger partial charge in [0.05, 0.1) is 22.8 Å². The van der Waals surface area contributed by atoms with Crippen molar-refractivity contribution in [2.75, 3.05) is 18.1 Å². The fourth-order valence-electron chi connectivity index (χ4n) is 2.42. The van der Waals surface area contributed by atoms with Crippen molar-refractivity contribution < 1.29 is 13.2 Å². The van der Waals surface area contributed by atoms with E-state index in [2.05, 4.69) is 20.3 Å². The number of sulfone groups is 1. The summed E-state index contributed by atoms with van der Waals surface area (Å²) in [4.78, 5) is 36.9. The van der Waals surface area contributed by atoms with Crippen molar-refractivity contribution in [3.05, 3.63) is 64.8 Å². The Balaban J connectivity index is 1.79. The second-order valence-electron chi connectivity index (χ2n) is 6.03. The van der Waals surface area contributed by atoms with Crippen LogP contribution in [-0.4, -0.2) is 46.5 Å². The Morgan fingerprint density at radius 3 is 2.46 bits per heavy atom. The van der Waals surface area contributed by atoms with Crippen molar-refractivity contribution in [3.63, 3.8) is 0 Å². The lowest BCUT2D eigenvalue weighted by molar-refractivity contribution is 0.101. The van der Waals surface area contributed by atoms with Crippen LogP contribution in [-0.2, 0) is 16.9 Å². The minimum atomic E-state index is -3.33. The van der Waals surface area contributed by atoms with E-state index in [1.54, 1.807) is 6.07 Å². The molecule has 0 atom stereocenters. The SMILES string of the molecule is Cn1c(NCC(=O)c2ccc(S(C)(=O)=O)cc2)nc(-c2ccncn2)cc1=O. The average Bonchev–Trinajstić information content (AvgIpc) is 2.69. The number of nitrogens with one attached hydrogen (secondary N) is 1. The molecule has 2 aromatic heterocycles. The average molecular weight is 399 g/mol. The van der Waals surface area contributed by atoms with E-state index in [1.165, 1.54) is 54.5 Å². The minimum absolute atomic E-state index is 0.119. The van der Waals surface area contributed by atoms with Gasteiger partial charge in [0.1, 0.15) is 6.33 Å². The Morgan fingerprint density at radius 2 is 1.86 bits per heavy atom. The first-order valence-corrected chi connectivity index (χ1v) is 10.1. The fraction of sp³-hybridized carbons (Fsp3) is 0.167. The van der Waals surface area contributed by atoms with Crippen molar-refractivity contribution in [2.24, 2.45) is 7.05 Å². The monoisotopic (exact) mass is 399 g/mol. The molecule has 2 heterocycles. The van der Waals surface area contributed by atoms with E-state index in [1.807, 2.05) is 0 Å². The van der Waals surface area contributed by atoms with Gasteiger partial charge in [0.15, 0.2) is 15.6 Å². The molecular formula is C18H17N5O4S. The number of nitrogens with zero attached hydrogens (tertiary/aromatic N) is 4. The number of aromatic nitrogens is 4. The van der Waals surface area contributed by atoms with Crippen LogP contribution in [0.1, 0.15) is 10.4 Å². The quantitative estimate of drug-likeness (QED) is 0.607. The third-order valence-electron chi connectivity index (χ3n) is 3.99. The van der Waals surface area contributed by atoms with Gasteiger partial charge in [-0.3, -0.25) is 14.2 Å². The highest BCUT2D eigenvalue weighted by Gasteiger charge is 2.12. The Hall–Kier alpha value is -3.40. The van der Waals surface area contributed by atoms with Crippen molar-refractivity contribution in [1.29, 1.82) is 0 Å². The van der Waals surface area contributed by atoms with Crippen LogP contribution in [0.25, 0.3) is 11.4 Å². The maximum Gasteiger partial charge on any atom is 0.255 e. The molecule has 28 heavy (non-hydrogen) atoms. The summed E-state index contributed by atoms with van der Waals surface area (Å²) < 4.78 is 24.3. The molecule has 0 amide bonds. The molecule has 9 nitrogen and oxygen atoms in total. The lowest BCUT2D eigenvalue weighted by Crippen LogP contribution is -2.24. The Kier molecular flexibility index (Phi) is 5.32. The van der Waals surface area contributed by atoms with Gasteiger partial charge in [0.2, 0.25) is 5.95 Å². The number of carbonyl (C=O) groups is 1. The minimum Gasteiger partial charge on any atom is -0.348 e. The van der Waals surface area contributed by atoms with Gasteiger partial charge in [0, 0.05) is 31.1 Å². The first-order valence-electron chi connectivity index (χ1n) is 8.17. The largest absolute Gasteiger partial charge is 0.348 e. The summed E-state index contributed by atoms with van der Waals surface area (Å²) in [6.07, 6.45) is 3.99. The maximum atomic E-state index is 12.4. The molecule has 0 aliphatic carbocycles. The third-order valence-corrected chi connectivity index (χ3v) is 5.12. The first kappa shape index (κ1) is 19.4. The number of hydrogen-bond donors (Lipinski definition) is 1. The zero-order chi connectivity index (χ0) is 20.3. The van der Waals surface area contributed by atoms with E-state index in [4.69, 9.17) is 0 Å². The van der Waals surface area contributed by atoms with E-state index >= 15 is 0 Å². The van der Waals surface area contributed by atoms with Crippen LogP contribution >= 0.6 is 0 Å². The predicted octanol–water partition coefficient (Wildman–Crippen LogP) is 0.936. The summed E-state index contributed by atoms with van der Waals surface area (Å²) in [5, 5.41) is 2.85. The number of carbonyl (C=O) groups excluding carboxylic acids is 1. The molecule has 0 saturated carbocycles. The number of benzene rings is 1. The molecule has 0 unspecified atom stereocenters. The Bertz CT molecular complexity index is 1170. The van der Waals surface area contributed by atoms with Gasteiger partial charge in [-0.25, -0.2) is 23.4 Å². The van der Waals surface area contributed by atoms with Crippen LogP contribution in [0.3, 0.4) is 0 Å². The highest BCUT2D eigenvalue weighted by Crippen LogP contribution is 2.14. The zero-order valence-corrected chi connectivity index (χ0v) is 16.0. The van der Waals surface area contributed by atoms with Gasteiger partial charge in [-0.15, -0.1) is 0 Å². The molecule has 10 heteroatoms. The van der Waals surface area contributed by atoms with Crippen molar-refractivity contribution in [1.82, 2.24) is 19.5 Å². The van der Waals surface area contributed by atoms with Crippen LogP contribution in [0.5, 0.6) is 0 Å². The Labute approximate surface area is 161 Å². The molecule has 0 saturated heterocycles. The number of hydrogen-bond acceptors (Lipinski definition) is 8. The molecule has 0 bridgehead atoms. The third kappa shape index (κ3) is 4.29. The lowest BCUT2D eigenvalue weighted by atomic mass is 10.1. The van der Waals surface area contributed by atoms with Crippen LogP contribution in [0.2, 0.25) is 0 Å². The van der Waals surface area contributed by atoms with E-state index < -0.39 is 9.84 Å². The van der Waals surface area contributed by atoms with Gasteiger partial charge in [-0.05, 0) is 18.2 Å². The number of Topliss-reactive ketones (excluding diaryl/α,β-unsaturated/α-hetero) is 1. The molecule has 0 aliphatic rings. The summed E-state index contributed by atoms with van der Waals surface area (Å²) in [5.41, 5.74) is 0.879. The molecule has 3 rings (SSSR count). The summed E-state index contributed by atoms with van der Waals surface area (Å²) in [6, 6.07) is 8.63. The smallest absolute Gasteiger partial charge is 0.255 e. The van der Waals surface area contributed by atoms with Gasteiger partial charge in [-0.1, -0.05) is 12.1 Å². The van der Waals surface area contributed by atoms with Crippen molar-refractivity contribution >= 4 is 21.6 Å². The first-order chi connectivity index (χ1) is 13.3. The normalized spacial score (nSPS) is 11.2. The van der Waals surface area contributed by atoms with Crippen LogP contribution in [0.15, 0.2) is 58.6 Å². The molecular weight excluding hydrogens is 382 g/mol. The zero-order valence-electron chi connectivity index (χ0n) is 15.2. The molecule has 0 fully saturated rings. The van der Waals surface area contributed by atoms with Crippen LogP contribution in [0, 0.1) is 0 Å². The summed E-state index contributed by atoms with van der Waals surface area (Å²) in [7, 11) is -1.79. The second-order valence-corrected chi connectivity index (χ2v) is 8.05. The highest BCUT2D eigenvalue weighted by molar-refractivity contribution is 7.90. The fourth-order valence-corrected chi connectivity index (χ4v) is 3.05. The molecule has 3 aromatic rings. The van der Waals surface area contributed by atoms with E-state index in [9.17, 15) is 18.0 Å². The number of rotatable bonds is 6. The molecule has 0 spiro atoms. The standard InChI is InChI=1S/C18H17N5O4S/c1-23-17(25)9-15(14-7-8-19-11-21-14)22-18(23)20-10-16(24)12-3-5-13(6-4-12)28(2,26)27/h3-9,11H,10H2,1-2H3,(H,20,22). The summed E-state index contributed by atoms with van der Waals surface area (Å²) in [5.74, 6) is -0.0658. The summed E-state index contributed by atoms with van der Waals surface area (Å²) >= 11 is 0. The van der Waals surface area contributed by atoms with Gasteiger partial charge in [-0.2, -0.15) is 0 Å². The molecule has 1 aromatic carbocycles. The van der Waals surface area contributed by atoms with Gasteiger partial charge >= 0.3 is 0 Å². The van der Waals surface area contributed by atoms with Gasteiger partial charge < -0.3 is 5.32 Å². The van der Waals surface area contributed by atoms with Crippen molar-refractivity contribution in [3.8, 4) is 11.4 Å². The highest BCUT2D eigenvalue weighted by atomic mass is 32.2. The number of anilines is 1. The van der Waals surface area contributed by atoms with Crippen LogP contribution in [0.4, 0.5) is 5.95 Å². The molecule has 1 N–H and O–H groups in total. The second kappa shape index (κ2) is 7.69. The topological polar surface area (TPSA) is 124 Å². The molecule has 144 valence electrons. The summed E-state index contributed by atoms with van der Waals surface area (Å²) in [6.45, 7) is -0.119. The molecule has 0 aliphatic heterocycles. The molecule has 0 radical (unpaired) electrons. The van der Waals surface area contributed by atoms with E-state index in [0.29, 0.717) is 17.0 Å². The predicted molar refractivity (Wildman–Crippen MR) is 103 cm³/mol. The maximum absolute atomic E-state index is 12.4. The number of ketones is 1. The van der Waals surface area contributed by atoms with E-state index in [-0.39, 0.29) is 28.7 Å². The lowest BCUT2D eigenvalue weighted by Gasteiger charge is -2.11. The van der Waals surface area contributed by atoms with Gasteiger partial charge in [0.25, 0.3) is 5.56 Å². The Morgan fingerprint density at radius 1 is 1.14 bits per heavy atom. The van der Waals surface area contributed by atoms with E-state index in [0.717, 1.165) is 6.26 Å². The van der Waals surface area contributed by atoms with Crippen molar-refractivity contribution in [2.45, 2.75) is 4.90 Å². The van der Waals surface area contributed by atoms with Crippen LogP contribution < -0.4 is 10.9 Å².